The summed E-state index contributed by atoms with van der Waals surface area (Å²) in [6, 6.07) is 16.0. The molecule has 2 aromatic carbocycles. The minimum atomic E-state index is 0.105. The van der Waals surface area contributed by atoms with E-state index in [1.165, 1.54) is 11.3 Å². The van der Waals surface area contributed by atoms with Crippen LogP contribution in [0.25, 0.3) is 5.69 Å². The Labute approximate surface area is 176 Å². The number of rotatable bonds is 5. The summed E-state index contributed by atoms with van der Waals surface area (Å²) in [5.74, 6) is 1.76. The van der Waals surface area contributed by atoms with Crippen LogP contribution in [-0.2, 0) is 17.6 Å². The third kappa shape index (κ3) is 3.03. The molecule has 0 aliphatic carbocycles. The van der Waals surface area contributed by atoms with E-state index in [9.17, 15) is 4.79 Å². The zero-order valence-electron chi connectivity index (χ0n) is 17.2. The summed E-state index contributed by atoms with van der Waals surface area (Å²) in [7, 11) is 3.31. The number of nitrogens with zero attached hydrogens (tertiary/aromatic N) is 3. The van der Waals surface area contributed by atoms with E-state index >= 15 is 0 Å². The SMILES string of the molecule is COc1ccc(-n2ncc3c2C[C@@H]2CC[C@@H]3N2C(=O)Cc2ccccc2OC)cc1. The molecule has 2 atom stereocenters. The summed E-state index contributed by atoms with van der Waals surface area (Å²) >= 11 is 0. The Morgan fingerprint density at radius 1 is 1.07 bits per heavy atom. The second-order valence-corrected chi connectivity index (χ2v) is 7.90. The first kappa shape index (κ1) is 18.7. The Morgan fingerprint density at radius 2 is 1.87 bits per heavy atom. The summed E-state index contributed by atoms with van der Waals surface area (Å²) in [6.07, 6.45) is 5.15. The first-order valence-electron chi connectivity index (χ1n) is 10.3. The van der Waals surface area contributed by atoms with Crippen molar-refractivity contribution in [1.29, 1.82) is 0 Å². The molecule has 2 bridgehead atoms. The second kappa shape index (κ2) is 7.52. The van der Waals surface area contributed by atoms with Gasteiger partial charge in [0.25, 0.3) is 0 Å². The number of hydrogen-bond donors (Lipinski definition) is 0. The average molecular weight is 403 g/mol. The van der Waals surface area contributed by atoms with Crippen LogP contribution in [0.5, 0.6) is 11.5 Å². The molecule has 0 unspecified atom stereocenters. The van der Waals surface area contributed by atoms with Crippen molar-refractivity contribution < 1.29 is 14.3 Å². The Kier molecular flexibility index (Phi) is 4.69. The molecular weight excluding hydrogens is 378 g/mol. The molecule has 3 heterocycles. The molecule has 0 saturated carbocycles. The van der Waals surface area contributed by atoms with Crippen LogP contribution in [-0.4, -0.2) is 40.8 Å². The number of methoxy groups -OCH3 is 2. The van der Waals surface area contributed by atoms with Gasteiger partial charge in [0.15, 0.2) is 0 Å². The van der Waals surface area contributed by atoms with E-state index in [1.54, 1.807) is 14.2 Å². The van der Waals surface area contributed by atoms with Crippen LogP contribution in [0, 0.1) is 0 Å². The van der Waals surface area contributed by atoms with Gasteiger partial charge in [0.2, 0.25) is 5.91 Å². The molecule has 6 heteroatoms. The van der Waals surface area contributed by atoms with Gasteiger partial charge in [-0.1, -0.05) is 18.2 Å². The van der Waals surface area contributed by atoms with Gasteiger partial charge in [-0.2, -0.15) is 5.10 Å². The Hall–Kier alpha value is -3.28. The van der Waals surface area contributed by atoms with Crippen molar-refractivity contribution in [3.05, 3.63) is 71.5 Å². The van der Waals surface area contributed by atoms with Gasteiger partial charge < -0.3 is 14.4 Å². The fraction of sp³-hybridized carbons (Fsp3) is 0.333. The van der Waals surface area contributed by atoms with Crippen LogP contribution in [0.4, 0.5) is 0 Å². The number of carbonyl (C=O) groups excluding carboxylic acids is 1. The molecule has 0 spiro atoms. The first-order valence-corrected chi connectivity index (χ1v) is 10.3. The van der Waals surface area contributed by atoms with E-state index in [2.05, 4.69) is 10.00 Å². The highest BCUT2D eigenvalue weighted by atomic mass is 16.5. The standard InChI is InChI=1S/C24H25N3O3/c1-29-19-10-7-17(8-11-19)27-22-14-18-9-12-21(20(22)15-25-27)26(18)24(28)13-16-5-3-4-6-23(16)30-2/h3-8,10-11,15,18,21H,9,12-14H2,1-2H3/t18-,21-/m0/s1. The van der Waals surface area contributed by atoms with E-state index in [0.717, 1.165) is 42.0 Å². The molecule has 6 nitrogen and oxygen atoms in total. The van der Waals surface area contributed by atoms with Crippen molar-refractivity contribution in [3.8, 4) is 17.2 Å². The van der Waals surface area contributed by atoms with Crippen molar-refractivity contribution in [2.75, 3.05) is 14.2 Å². The monoisotopic (exact) mass is 403 g/mol. The summed E-state index contributed by atoms with van der Waals surface area (Å²) in [6.45, 7) is 0. The lowest BCUT2D eigenvalue weighted by atomic mass is 9.98. The number of benzene rings is 2. The minimum absolute atomic E-state index is 0.105. The van der Waals surface area contributed by atoms with Crippen molar-refractivity contribution in [3.63, 3.8) is 0 Å². The highest BCUT2D eigenvalue weighted by Gasteiger charge is 2.44. The molecule has 1 saturated heterocycles. The molecule has 1 aromatic heterocycles. The number of amides is 1. The summed E-state index contributed by atoms with van der Waals surface area (Å²) < 4.78 is 12.7. The fourth-order valence-corrected chi connectivity index (χ4v) is 4.91. The largest absolute Gasteiger partial charge is 0.497 e. The van der Waals surface area contributed by atoms with Crippen molar-refractivity contribution in [1.82, 2.24) is 14.7 Å². The first-order chi connectivity index (χ1) is 14.7. The van der Waals surface area contributed by atoms with Gasteiger partial charge in [0.1, 0.15) is 11.5 Å². The van der Waals surface area contributed by atoms with Gasteiger partial charge in [0.05, 0.1) is 44.3 Å². The number of ether oxygens (including phenoxy) is 2. The van der Waals surface area contributed by atoms with Crippen molar-refractivity contribution in [2.45, 2.75) is 37.8 Å². The number of hydrogen-bond acceptors (Lipinski definition) is 4. The molecule has 1 fully saturated rings. The van der Waals surface area contributed by atoms with E-state index in [1.807, 2.05) is 59.4 Å². The molecule has 5 rings (SSSR count). The number of carbonyl (C=O) groups is 1. The number of aromatic nitrogens is 2. The van der Waals surface area contributed by atoms with Gasteiger partial charge in [-0.05, 0) is 43.2 Å². The zero-order chi connectivity index (χ0) is 20.7. The lowest BCUT2D eigenvalue weighted by Gasteiger charge is -2.35. The average Bonchev–Trinajstić information content (AvgIpc) is 3.35. The van der Waals surface area contributed by atoms with Gasteiger partial charge in [-0.25, -0.2) is 4.68 Å². The highest BCUT2D eigenvalue weighted by Crippen LogP contribution is 2.44. The van der Waals surface area contributed by atoms with Crippen LogP contribution >= 0.6 is 0 Å². The van der Waals surface area contributed by atoms with E-state index in [4.69, 9.17) is 9.47 Å². The van der Waals surface area contributed by atoms with Crippen molar-refractivity contribution in [2.24, 2.45) is 0 Å². The predicted octanol–water partition coefficient (Wildman–Crippen LogP) is 3.72. The van der Waals surface area contributed by atoms with Gasteiger partial charge in [0, 0.05) is 23.6 Å². The van der Waals surface area contributed by atoms with E-state index in [-0.39, 0.29) is 18.0 Å². The van der Waals surface area contributed by atoms with Gasteiger partial charge in [-0.15, -0.1) is 0 Å². The highest BCUT2D eigenvalue weighted by molar-refractivity contribution is 5.81. The summed E-state index contributed by atoms with van der Waals surface area (Å²) in [4.78, 5) is 15.4. The van der Waals surface area contributed by atoms with Crippen LogP contribution in [0.15, 0.2) is 54.7 Å². The molecule has 0 radical (unpaired) electrons. The maximum absolute atomic E-state index is 13.3. The summed E-state index contributed by atoms with van der Waals surface area (Å²) in [5.41, 5.74) is 4.34. The third-order valence-corrected chi connectivity index (χ3v) is 6.33. The Balaban J connectivity index is 1.42. The minimum Gasteiger partial charge on any atom is -0.497 e. The lowest BCUT2D eigenvalue weighted by molar-refractivity contribution is -0.134. The van der Waals surface area contributed by atoms with Crippen molar-refractivity contribution >= 4 is 5.91 Å². The van der Waals surface area contributed by atoms with Crippen LogP contribution < -0.4 is 9.47 Å². The maximum atomic E-state index is 13.3. The Bertz CT molecular complexity index is 1070. The van der Waals surface area contributed by atoms with E-state index in [0.29, 0.717) is 6.42 Å². The van der Waals surface area contributed by atoms with Gasteiger partial charge >= 0.3 is 0 Å². The quantitative estimate of drug-likeness (QED) is 0.652. The normalized spacial score (nSPS) is 19.5. The summed E-state index contributed by atoms with van der Waals surface area (Å²) in [5, 5.41) is 4.67. The van der Waals surface area contributed by atoms with Gasteiger partial charge in [-0.3, -0.25) is 4.79 Å². The molecule has 2 aliphatic heterocycles. The van der Waals surface area contributed by atoms with Crippen LogP contribution in [0.2, 0.25) is 0 Å². The molecule has 154 valence electrons. The molecular formula is C24H25N3O3. The number of fused-ring (bicyclic) bond motifs is 4. The molecule has 2 aliphatic rings. The molecule has 30 heavy (non-hydrogen) atoms. The second-order valence-electron chi connectivity index (χ2n) is 7.90. The topological polar surface area (TPSA) is 56.6 Å². The fourth-order valence-electron chi connectivity index (χ4n) is 4.91. The molecule has 1 amide bonds. The van der Waals surface area contributed by atoms with Crippen LogP contribution in [0.1, 0.15) is 35.7 Å². The van der Waals surface area contributed by atoms with E-state index < -0.39 is 0 Å². The molecule has 3 aromatic rings. The Morgan fingerprint density at radius 3 is 2.63 bits per heavy atom. The van der Waals surface area contributed by atoms with Crippen LogP contribution in [0.3, 0.4) is 0 Å². The number of para-hydroxylation sites is 1. The lowest BCUT2D eigenvalue weighted by Crippen LogP contribution is -2.42. The predicted molar refractivity (Wildman–Crippen MR) is 113 cm³/mol. The molecule has 0 N–H and O–H groups in total. The zero-order valence-corrected chi connectivity index (χ0v) is 17.2. The smallest absolute Gasteiger partial charge is 0.227 e. The maximum Gasteiger partial charge on any atom is 0.227 e. The third-order valence-electron chi connectivity index (χ3n) is 6.33.